The lowest BCUT2D eigenvalue weighted by molar-refractivity contribution is 0.571. The summed E-state index contributed by atoms with van der Waals surface area (Å²) in [5.41, 5.74) is 3.11. The molecule has 0 radical (unpaired) electrons. The van der Waals surface area contributed by atoms with Crippen LogP contribution in [0.3, 0.4) is 0 Å². The Bertz CT molecular complexity index is 518. The molecular formula is C16H26N4. The SMILES string of the molecule is CCCCCCCCNCc1cnc2cc(C)nn2c1. The molecule has 4 nitrogen and oxygen atoms in total. The van der Waals surface area contributed by atoms with Crippen molar-refractivity contribution in [3.8, 4) is 0 Å². The summed E-state index contributed by atoms with van der Waals surface area (Å²) in [5, 5.41) is 7.87. The van der Waals surface area contributed by atoms with E-state index in [1.165, 1.54) is 44.1 Å². The predicted molar refractivity (Wildman–Crippen MR) is 82.8 cm³/mol. The first kappa shape index (κ1) is 15.0. The van der Waals surface area contributed by atoms with E-state index in [2.05, 4.69) is 28.5 Å². The molecule has 0 unspecified atom stereocenters. The van der Waals surface area contributed by atoms with Gasteiger partial charge in [-0.1, -0.05) is 39.0 Å². The lowest BCUT2D eigenvalue weighted by atomic mass is 10.1. The first-order valence-corrected chi connectivity index (χ1v) is 7.81. The Labute approximate surface area is 121 Å². The molecule has 0 aliphatic heterocycles. The van der Waals surface area contributed by atoms with Gasteiger partial charge in [0.2, 0.25) is 0 Å². The maximum atomic E-state index is 4.41. The van der Waals surface area contributed by atoms with Gasteiger partial charge in [-0.25, -0.2) is 9.50 Å². The second kappa shape index (κ2) is 8.00. The van der Waals surface area contributed by atoms with Gasteiger partial charge in [0.05, 0.1) is 5.69 Å². The fourth-order valence-corrected chi connectivity index (χ4v) is 2.39. The summed E-state index contributed by atoms with van der Waals surface area (Å²) in [7, 11) is 0. The first-order chi connectivity index (χ1) is 9.79. The summed E-state index contributed by atoms with van der Waals surface area (Å²) in [5.74, 6) is 0. The molecule has 0 saturated heterocycles. The van der Waals surface area contributed by atoms with Crippen LogP contribution in [0.1, 0.15) is 56.7 Å². The van der Waals surface area contributed by atoms with Crippen molar-refractivity contribution in [3.63, 3.8) is 0 Å². The zero-order valence-electron chi connectivity index (χ0n) is 12.7. The number of hydrogen-bond acceptors (Lipinski definition) is 3. The van der Waals surface area contributed by atoms with Crippen LogP contribution in [-0.4, -0.2) is 21.1 Å². The van der Waals surface area contributed by atoms with E-state index in [0.29, 0.717) is 0 Å². The third kappa shape index (κ3) is 4.60. The average Bonchev–Trinajstić information content (AvgIpc) is 2.81. The van der Waals surface area contributed by atoms with Crippen LogP contribution in [0.4, 0.5) is 0 Å². The fraction of sp³-hybridized carbons (Fsp3) is 0.625. The van der Waals surface area contributed by atoms with Crippen LogP contribution in [0.25, 0.3) is 5.65 Å². The molecule has 0 aromatic carbocycles. The number of fused-ring (bicyclic) bond motifs is 1. The molecule has 0 bridgehead atoms. The maximum Gasteiger partial charge on any atom is 0.155 e. The summed E-state index contributed by atoms with van der Waals surface area (Å²) in [6.45, 7) is 6.21. The van der Waals surface area contributed by atoms with Crippen molar-refractivity contribution in [2.24, 2.45) is 0 Å². The van der Waals surface area contributed by atoms with E-state index < -0.39 is 0 Å². The zero-order valence-corrected chi connectivity index (χ0v) is 12.7. The first-order valence-electron chi connectivity index (χ1n) is 7.81. The van der Waals surface area contributed by atoms with Crippen molar-refractivity contribution in [2.45, 2.75) is 58.9 Å². The summed E-state index contributed by atoms with van der Waals surface area (Å²) in [6, 6.07) is 1.99. The predicted octanol–water partition coefficient (Wildman–Crippen LogP) is 3.49. The lowest BCUT2D eigenvalue weighted by Gasteiger charge is -2.05. The van der Waals surface area contributed by atoms with Crippen LogP contribution in [0.5, 0.6) is 0 Å². The minimum Gasteiger partial charge on any atom is -0.313 e. The molecule has 4 heteroatoms. The Kier molecular flexibility index (Phi) is 5.99. The molecule has 0 aliphatic carbocycles. The van der Waals surface area contributed by atoms with E-state index in [1.54, 1.807) is 0 Å². The molecule has 20 heavy (non-hydrogen) atoms. The van der Waals surface area contributed by atoms with Crippen LogP contribution >= 0.6 is 0 Å². The molecule has 2 heterocycles. The topological polar surface area (TPSA) is 42.2 Å². The molecule has 0 saturated carbocycles. The van der Waals surface area contributed by atoms with Gasteiger partial charge in [0.15, 0.2) is 5.65 Å². The third-order valence-corrected chi connectivity index (χ3v) is 3.53. The monoisotopic (exact) mass is 274 g/mol. The summed E-state index contributed by atoms with van der Waals surface area (Å²) in [6.07, 6.45) is 12.0. The van der Waals surface area contributed by atoms with Crippen molar-refractivity contribution in [2.75, 3.05) is 6.54 Å². The number of nitrogens with zero attached hydrogens (tertiary/aromatic N) is 3. The van der Waals surface area contributed by atoms with Crippen LogP contribution in [-0.2, 0) is 6.54 Å². The lowest BCUT2D eigenvalue weighted by Crippen LogP contribution is -2.15. The van der Waals surface area contributed by atoms with E-state index >= 15 is 0 Å². The van der Waals surface area contributed by atoms with Crippen LogP contribution in [0, 0.1) is 6.92 Å². The summed E-state index contributed by atoms with van der Waals surface area (Å²) < 4.78 is 1.86. The largest absolute Gasteiger partial charge is 0.313 e. The summed E-state index contributed by atoms with van der Waals surface area (Å²) >= 11 is 0. The van der Waals surface area contributed by atoms with Crippen molar-refractivity contribution < 1.29 is 0 Å². The van der Waals surface area contributed by atoms with Gasteiger partial charge < -0.3 is 5.32 Å². The zero-order chi connectivity index (χ0) is 14.2. The Balaban J connectivity index is 1.65. The molecule has 2 aromatic rings. The molecule has 0 spiro atoms. The Morgan fingerprint density at radius 3 is 2.80 bits per heavy atom. The van der Waals surface area contributed by atoms with E-state index in [-0.39, 0.29) is 0 Å². The van der Waals surface area contributed by atoms with Gasteiger partial charge in [-0.05, 0) is 19.9 Å². The number of rotatable bonds is 9. The summed E-state index contributed by atoms with van der Waals surface area (Å²) in [4.78, 5) is 4.41. The highest BCUT2D eigenvalue weighted by Gasteiger charge is 2.00. The van der Waals surface area contributed by atoms with E-state index in [1.807, 2.05) is 23.7 Å². The minimum atomic E-state index is 0.872. The van der Waals surface area contributed by atoms with Gasteiger partial charge in [-0.15, -0.1) is 0 Å². The number of nitrogens with one attached hydrogen (secondary N) is 1. The van der Waals surface area contributed by atoms with E-state index in [4.69, 9.17) is 0 Å². The second-order valence-electron chi connectivity index (χ2n) is 5.50. The standard InChI is InChI=1S/C16H26N4/c1-3-4-5-6-7-8-9-17-11-15-12-18-16-10-14(2)19-20(16)13-15/h10,12-13,17H,3-9,11H2,1-2H3. The molecular weight excluding hydrogens is 248 g/mol. The molecule has 0 aliphatic rings. The number of aromatic nitrogens is 3. The highest BCUT2D eigenvalue weighted by Crippen LogP contribution is 2.06. The van der Waals surface area contributed by atoms with E-state index in [9.17, 15) is 0 Å². The van der Waals surface area contributed by atoms with Gasteiger partial charge in [-0.2, -0.15) is 5.10 Å². The third-order valence-electron chi connectivity index (χ3n) is 3.53. The Hall–Kier alpha value is -1.42. The molecule has 0 atom stereocenters. The van der Waals surface area contributed by atoms with Crippen LogP contribution in [0.15, 0.2) is 18.5 Å². The molecule has 1 N–H and O–H groups in total. The van der Waals surface area contributed by atoms with E-state index in [0.717, 1.165) is 24.4 Å². The maximum absolute atomic E-state index is 4.41. The highest BCUT2D eigenvalue weighted by molar-refractivity contribution is 5.38. The Morgan fingerprint density at radius 1 is 1.15 bits per heavy atom. The number of unbranched alkanes of at least 4 members (excludes halogenated alkanes) is 5. The second-order valence-corrected chi connectivity index (χ2v) is 5.50. The van der Waals surface area contributed by atoms with Crippen LogP contribution in [0.2, 0.25) is 0 Å². The van der Waals surface area contributed by atoms with Gasteiger partial charge in [0.1, 0.15) is 0 Å². The molecule has 2 rings (SSSR count). The van der Waals surface area contributed by atoms with Crippen LogP contribution < -0.4 is 5.32 Å². The van der Waals surface area contributed by atoms with Gasteiger partial charge in [0, 0.05) is 30.6 Å². The number of hydrogen-bond donors (Lipinski definition) is 1. The average molecular weight is 274 g/mol. The molecule has 110 valence electrons. The fourth-order valence-electron chi connectivity index (χ4n) is 2.39. The minimum absolute atomic E-state index is 0.872. The normalized spacial score (nSPS) is 11.3. The van der Waals surface area contributed by atoms with Crippen molar-refractivity contribution >= 4 is 5.65 Å². The van der Waals surface area contributed by atoms with Gasteiger partial charge in [0.25, 0.3) is 0 Å². The molecule has 0 fully saturated rings. The Morgan fingerprint density at radius 2 is 1.95 bits per heavy atom. The van der Waals surface area contributed by atoms with Crippen molar-refractivity contribution in [1.82, 2.24) is 19.9 Å². The smallest absolute Gasteiger partial charge is 0.155 e. The van der Waals surface area contributed by atoms with Crippen molar-refractivity contribution in [3.05, 3.63) is 29.7 Å². The van der Waals surface area contributed by atoms with Gasteiger partial charge in [-0.3, -0.25) is 0 Å². The highest BCUT2D eigenvalue weighted by atomic mass is 15.2. The molecule has 2 aromatic heterocycles. The van der Waals surface area contributed by atoms with Gasteiger partial charge >= 0.3 is 0 Å². The van der Waals surface area contributed by atoms with Crippen molar-refractivity contribution in [1.29, 1.82) is 0 Å². The molecule has 0 amide bonds. The number of aryl methyl sites for hydroxylation is 1. The quantitative estimate of drug-likeness (QED) is 0.712.